The predicted molar refractivity (Wildman–Crippen MR) is 70.5 cm³/mol. The summed E-state index contributed by atoms with van der Waals surface area (Å²) in [5.74, 6) is 0.709. The minimum absolute atomic E-state index is 0.709. The van der Waals surface area contributed by atoms with Crippen molar-refractivity contribution in [1.29, 1.82) is 0 Å². The summed E-state index contributed by atoms with van der Waals surface area (Å²) in [5.41, 5.74) is 1.36. The molecule has 0 unspecified atom stereocenters. The number of hydrogen-bond acceptors (Lipinski definition) is 1. The zero-order valence-corrected chi connectivity index (χ0v) is 10.0. The summed E-state index contributed by atoms with van der Waals surface area (Å²) in [6.45, 7) is 6.50. The van der Waals surface area contributed by atoms with Crippen LogP contribution in [0.4, 0.5) is 0 Å². The summed E-state index contributed by atoms with van der Waals surface area (Å²) in [6.07, 6.45) is 0. The average molecular weight is 213 g/mol. The molecular formula is C15H19N. The predicted octanol–water partition coefficient (Wildman–Crippen LogP) is 3.59. The first kappa shape index (κ1) is 11.2. The molecule has 84 valence electrons. The van der Waals surface area contributed by atoms with Gasteiger partial charge >= 0.3 is 0 Å². The molecule has 2 rings (SSSR count). The highest BCUT2D eigenvalue weighted by Crippen LogP contribution is 2.15. The molecule has 0 heterocycles. The van der Waals surface area contributed by atoms with Gasteiger partial charge in [0.2, 0.25) is 0 Å². The van der Waals surface area contributed by atoms with E-state index in [4.69, 9.17) is 0 Å². The smallest absolute Gasteiger partial charge is 0.0205 e. The Morgan fingerprint density at radius 1 is 1.00 bits per heavy atom. The highest BCUT2D eigenvalue weighted by atomic mass is 14.8. The molecule has 0 atom stereocenters. The van der Waals surface area contributed by atoms with E-state index >= 15 is 0 Å². The Bertz CT molecular complexity index is 460. The van der Waals surface area contributed by atoms with Crippen LogP contribution in [0, 0.1) is 5.92 Å². The molecule has 0 bridgehead atoms. The molecule has 1 heteroatoms. The van der Waals surface area contributed by atoms with E-state index in [2.05, 4.69) is 61.6 Å². The van der Waals surface area contributed by atoms with Crippen molar-refractivity contribution in [1.82, 2.24) is 5.32 Å². The van der Waals surface area contributed by atoms with Crippen molar-refractivity contribution in [3.8, 4) is 0 Å². The molecule has 0 aliphatic carbocycles. The third kappa shape index (κ3) is 2.83. The van der Waals surface area contributed by atoms with Crippen LogP contribution in [-0.4, -0.2) is 6.54 Å². The summed E-state index contributed by atoms with van der Waals surface area (Å²) in [6, 6.07) is 15.2. The largest absolute Gasteiger partial charge is 0.312 e. The van der Waals surface area contributed by atoms with Gasteiger partial charge in [0.1, 0.15) is 0 Å². The van der Waals surface area contributed by atoms with E-state index in [9.17, 15) is 0 Å². The van der Waals surface area contributed by atoms with Crippen molar-refractivity contribution >= 4 is 10.8 Å². The van der Waals surface area contributed by atoms with Gasteiger partial charge in [-0.2, -0.15) is 0 Å². The minimum Gasteiger partial charge on any atom is -0.312 e. The molecule has 0 saturated heterocycles. The molecule has 0 aliphatic heterocycles. The van der Waals surface area contributed by atoms with Crippen LogP contribution in [0.1, 0.15) is 19.4 Å². The Balaban J connectivity index is 2.08. The standard InChI is InChI=1S/C15H19N/c1-12(2)10-16-11-13-7-8-14-5-3-4-6-15(14)9-13/h3-9,12,16H,10-11H2,1-2H3. The van der Waals surface area contributed by atoms with Crippen molar-refractivity contribution in [2.45, 2.75) is 20.4 Å². The van der Waals surface area contributed by atoms with Gasteiger partial charge in [0.05, 0.1) is 0 Å². The second-order valence-corrected chi connectivity index (χ2v) is 4.71. The Kier molecular flexibility index (Phi) is 3.58. The van der Waals surface area contributed by atoms with Crippen LogP contribution in [0.25, 0.3) is 10.8 Å². The third-order valence-corrected chi connectivity index (χ3v) is 2.70. The van der Waals surface area contributed by atoms with Crippen LogP contribution in [-0.2, 0) is 6.54 Å². The minimum atomic E-state index is 0.709. The fourth-order valence-corrected chi connectivity index (χ4v) is 1.85. The fraction of sp³-hybridized carbons (Fsp3) is 0.333. The molecule has 0 fully saturated rings. The van der Waals surface area contributed by atoms with Gasteiger partial charge in [-0.3, -0.25) is 0 Å². The summed E-state index contributed by atoms with van der Waals surface area (Å²) < 4.78 is 0. The second-order valence-electron chi connectivity index (χ2n) is 4.71. The maximum absolute atomic E-state index is 3.47. The molecule has 16 heavy (non-hydrogen) atoms. The van der Waals surface area contributed by atoms with Crippen LogP contribution in [0.5, 0.6) is 0 Å². The van der Waals surface area contributed by atoms with E-state index in [0.29, 0.717) is 5.92 Å². The molecule has 2 aromatic rings. The zero-order valence-electron chi connectivity index (χ0n) is 10.0. The van der Waals surface area contributed by atoms with Crippen LogP contribution in [0.15, 0.2) is 42.5 Å². The summed E-state index contributed by atoms with van der Waals surface area (Å²) in [7, 11) is 0. The van der Waals surface area contributed by atoms with Gasteiger partial charge < -0.3 is 5.32 Å². The normalized spacial score (nSPS) is 11.2. The summed E-state index contributed by atoms with van der Waals surface area (Å²) in [4.78, 5) is 0. The monoisotopic (exact) mass is 213 g/mol. The molecule has 0 amide bonds. The Labute approximate surface area is 97.5 Å². The zero-order chi connectivity index (χ0) is 11.4. The Morgan fingerprint density at radius 2 is 1.75 bits per heavy atom. The quantitative estimate of drug-likeness (QED) is 0.818. The lowest BCUT2D eigenvalue weighted by atomic mass is 10.1. The molecule has 0 aromatic heterocycles. The molecule has 0 spiro atoms. The van der Waals surface area contributed by atoms with E-state index in [1.54, 1.807) is 0 Å². The number of benzene rings is 2. The number of hydrogen-bond donors (Lipinski definition) is 1. The molecule has 1 nitrogen and oxygen atoms in total. The van der Waals surface area contributed by atoms with Gasteiger partial charge in [-0.15, -0.1) is 0 Å². The Morgan fingerprint density at radius 3 is 2.50 bits per heavy atom. The van der Waals surface area contributed by atoms with Gasteiger partial charge in [-0.05, 0) is 34.9 Å². The van der Waals surface area contributed by atoms with E-state index in [0.717, 1.165) is 13.1 Å². The van der Waals surface area contributed by atoms with Gasteiger partial charge in [0.15, 0.2) is 0 Å². The molecule has 2 aromatic carbocycles. The van der Waals surface area contributed by atoms with Crippen molar-refractivity contribution in [2.75, 3.05) is 6.54 Å². The number of rotatable bonds is 4. The van der Waals surface area contributed by atoms with Crippen molar-refractivity contribution in [3.05, 3.63) is 48.0 Å². The highest BCUT2D eigenvalue weighted by molar-refractivity contribution is 5.82. The first-order chi connectivity index (χ1) is 7.75. The molecule has 1 N–H and O–H groups in total. The maximum atomic E-state index is 3.47. The average Bonchev–Trinajstić information content (AvgIpc) is 2.28. The van der Waals surface area contributed by atoms with Crippen molar-refractivity contribution in [3.63, 3.8) is 0 Å². The molecule has 0 saturated carbocycles. The fourth-order valence-electron chi connectivity index (χ4n) is 1.85. The SMILES string of the molecule is CC(C)CNCc1ccc2ccccc2c1. The Hall–Kier alpha value is -1.34. The summed E-state index contributed by atoms with van der Waals surface area (Å²) in [5, 5.41) is 6.11. The highest BCUT2D eigenvalue weighted by Gasteiger charge is 1.97. The summed E-state index contributed by atoms with van der Waals surface area (Å²) >= 11 is 0. The molecular weight excluding hydrogens is 194 g/mol. The molecule has 0 aliphatic rings. The second kappa shape index (κ2) is 5.13. The maximum Gasteiger partial charge on any atom is 0.0205 e. The molecule has 0 radical (unpaired) electrons. The van der Waals surface area contributed by atoms with E-state index in [-0.39, 0.29) is 0 Å². The van der Waals surface area contributed by atoms with Crippen LogP contribution < -0.4 is 5.32 Å². The third-order valence-electron chi connectivity index (χ3n) is 2.70. The topological polar surface area (TPSA) is 12.0 Å². The van der Waals surface area contributed by atoms with E-state index in [1.165, 1.54) is 16.3 Å². The number of fused-ring (bicyclic) bond motifs is 1. The van der Waals surface area contributed by atoms with Crippen LogP contribution >= 0.6 is 0 Å². The lowest BCUT2D eigenvalue weighted by Gasteiger charge is -2.08. The lowest BCUT2D eigenvalue weighted by molar-refractivity contribution is 0.552. The first-order valence-corrected chi connectivity index (χ1v) is 5.94. The van der Waals surface area contributed by atoms with Gasteiger partial charge in [-0.25, -0.2) is 0 Å². The van der Waals surface area contributed by atoms with Crippen molar-refractivity contribution < 1.29 is 0 Å². The van der Waals surface area contributed by atoms with E-state index in [1.807, 2.05) is 0 Å². The van der Waals surface area contributed by atoms with Gasteiger partial charge in [0.25, 0.3) is 0 Å². The van der Waals surface area contributed by atoms with Crippen molar-refractivity contribution in [2.24, 2.45) is 5.92 Å². The lowest BCUT2D eigenvalue weighted by Crippen LogP contribution is -2.18. The van der Waals surface area contributed by atoms with Crippen LogP contribution in [0.2, 0.25) is 0 Å². The number of nitrogens with one attached hydrogen (secondary N) is 1. The first-order valence-electron chi connectivity index (χ1n) is 5.94. The van der Waals surface area contributed by atoms with Crippen LogP contribution in [0.3, 0.4) is 0 Å². The van der Waals surface area contributed by atoms with Gasteiger partial charge in [0, 0.05) is 6.54 Å². The van der Waals surface area contributed by atoms with E-state index < -0.39 is 0 Å². The van der Waals surface area contributed by atoms with Gasteiger partial charge in [-0.1, -0.05) is 50.2 Å².